The maximum absolute atomic E-state index is 12.8. The number of amides is 1. The molecule has 0 radical (unpaired) electrons. The highest BCUT2D eigenvalue weighted by Crippen LogP contribution is 2.25. The second-order valence-electron chi connectivity index (χ2n) is 7.35. The van der Waals surface area contributed by atoms with Gasteiger partial charge in [0.15, 0.2) is 5.65 Å². The van der Waals surface area contributed by atoms with Gasteiger partial charge in [-0.3, -0.25) is 24.2 Å². The number of carbonyl (C=O) groups excluding carboxylic acids is 1. The third-order valence-corrected chi connectivity index (χ3v) is 5.27. The van der Waals surface area contributed by atoms with Gasteiger partial charge in [-0.25, -0.2) is 4.98 Å². The summed E-state index contributed by atoms with van der Waals surface area (Å²) in [6, 6.07) is 0. The number of aromatic amines is 1. The average molecular weight is 360 g/mol. The van der Waals surface area contributed by atoms with Crippen LogP contribution in [-0.2, 0) is 23.1 Å². The van der Waals surface area contributed by atoms with E-state index in [-0.39, 0.29) is 30.3 Å². The molecule has 1 amide bonds. The van der Waals surface area contributed by atoms with Crippen LogP contribution in [0.1, 0.15) is 30.2 Å². The van der Waals surface area contributed by atoms with Gasteiger partial charge in [-0.1, -0.05) is 6.92 Å². The molecule has 1 saturated heterocycles. The zero-order chi connectivity index (χ0) is 19.2. The molecule has 8 heteroatoms. The Kier molecular flexibility index (Phi) is 4.60. The van der Waals surface area contributed by atoms with Crippen molar-refractivity contribution in [2.75, 3.05) is 13.1 Å². The van der Waals surface area contributed by atoms with Crippen LogP contribution in [-0.4, -0.2) is 49.7 Å². The van der Waals surface area contributed by atoms with Gasteiger partial charge in [0, 0.05) is 25.8 Å². The molecule has 8 nitrogen and oxygen atoms in total. The lowest BCUT2D eigenvalue weighted by Gasteiger charge is -2.35. The van der Waals surface area contributed by atoms with Crippen LogP contribution in [0, 0.1) is 25.7 Å². The number of carbonyl (C=O) groups is 2. The van der Waals surface area contributed by atoms with Gasteiger partial charge in [-0.05, 0) is 37.3 Å². The first-order chi connectivity index (χ1) is 12.2. The van der Waals surface area contributed by atoms with Crippen molar-refractivity contribution in [3.05, 3.63) is 27.2 Å². The zero-order valence-electron chi connectivity index (χ0n) is 15.5. The van der Waals surface area contributed by atoms with E-state index in [0.29, 0.717) is 29.7 Å². The maximum Gasteiger partial charge on any atom is 0.308 e. The van der Waals surface area contributed by atoms with Crippen LogP contribution in [0.2, 0.25) is 0 Å². The predicted octanol–water partition coefficient (Wildman–Crippen LogP) is 0.990. The van der Waals surface area contributed by atoms with E-state index in [1.807, 2.05) is 20.8 Å². The fourth-order valence-corrected chi connectivity index (χ4v) is 3.91. The molecule has 0 bridgehead atoms. The second-order valence-corrected chi connectivity index (χ2v) is 7.35. The Labute approximate surface area is 150 Å². The SMILES string of the molecule is Cc1nc2c(c(C)c1CC(=O)N1CC(C)CC(C(=O)O)C1)c(=O)[nH]n2C. The van der Waals surface area contributed by atoms with Crippen molar-refractivity contribution in [3.63, 3.8) is 0 Å². The summed E-state index contributed by atoms with van der Waals surface area (Å²) < 4.78 is 1.58. The lowest BCUT2D eigenvalue weighted by Crippen LogP contribution is -2.46. The lowest BCUT2D eigenvalue weighted by molar-refractivity contribution is -0.146. The smallest absolute Gasteiger partial charge is 0.308 e. The number of fused-ring (bicyclic) bond motifs is 1. The number of hydrogen-bond acceptors (Lipinski definition) is 4. The molecule has 0 aliphatic carbocycles. The molecular weight excluding hydrogens is 336 g/mol. The fraction of sp³-hybridized carbons (Fsp3) is 0.556. The number of rotatable bonds is 3. The highest BCUT2D eigenvalue weighted by Gasteiger charge is 2.32. The van der Waals surface area contributed by atoms with Crippen LogP contribution in [0.4, 0.5) is 0 Å². The van der Waals surface area contributed by atoms with E-state index < -0.39 is 11.9 Å². The third-order valence-electron chi connectivity index (χ3n) is 5.27. The molecule has 2 atom stereocenters. The van der Waals surface area contributed by atoms with Crippen molar-refractivity contribution < 1.29 is 14.7 Å². The number of nitrogens with one attached hydrogen (secondary N) is 1. The molecule has 3 rings (SSSR count). The number of carboxylic acids is 1. The molecule has 2 aromatic heterocycles. The Morgan fingerprint density at radius 2 is 2.00 bits per heavy atom. The molecule has 26 heavy (non-hydrogen) atoms. The van der Waals surface area contributed by atoms with Crippen molar-refractivity contribution in [1.82, 2.24) is 19.7 Å². The summed E-state index contributed by atoms with van der Waals surface area (Å²) >= 11 is 0. The predicted molar refractivity (Wildman–Crippen MR) is 96.0 cm³/mol. The minimum atomic E-state index is -0.861. The summed E-state index contributed by atoms with van der Waals surface area (Å²) in [6.07, 6.45) is 0.706. The monoisotopic (exact) mass is 360 g/mol. The van der Waals surface area contributed by atoms with E-state index in [9.17, 15) is 19.5 Å². The van der Waals surface area contributed by atoms with E-state index in [4.69, 9.17) is 0 Å². The zero-order valence-corrected chi connectivity index (χ0v) is 15.5. The van der Waals surface area contributed by atoms with Gasteiger partial charge >= 0.3 is 5.97 Å². The van der Waals surface area contributed by atoms with Gasteiger partial charge in [0.05, 0.1) is 17.7 Å². The molecule has 0 spiro atoms. The Bertz CT molecular complexity index is 943. The molecule has 0 saturated carbocycles. The Hall–Kier alpha value is -2.64. The first kappa shape index (κ1) is 18.2. The fourth-order valence-electron chi connectivity index (χ4n) is 3.91. The van der Waals surface area contributed by atoms with Crippen molar-refractivity contribution in [1.29, 1.82) is 0 Å². The number of pyridine rings is 1. The van der Waals surface area contributed by atoms with Gasteiger partial charge in [0.1, 0.15) is 0 Å². The third kappa shape index (κ3) is 3.11. The molecule has 0 aromatic carbocycles. The van der Waals surface area contributed by atoms with Crippen molar-refractivity contribution >= 4 is 22.9 Å². The minimum Gasteiger partial charge on any atom is -0.481 e. The van der Waals surface area contributed by atoms with Crippen molar-refractivity contribution in [2.24, 2.45) is 18.9 Å². The number of aryl methyl sites for hydroxylation is 3. The second kappa shape index (κ2) is 6.59. The largest absolute Gasteiger partial charge is 0.481 e. The standard InChI is InChI=1S/C18H24N4O4/c1-9-5-12(18(25)26)8-22(7-9)14(23)6-13-10(2)15-16(19-11(13)3)21(4)20-17(15)24/h9,12H,5-8H2,1-4H3,(H,20,24)(H,25,26). The minimum absolute atomic E-state index is 0.119. The van der Waals surface area contributed by atoms with Gasteiger partial charge in [-0.15, -0.1) is 0 Å². The Morgan fingerprint density at radius 3 is 2.65 bits per heavy atom. The number of aromatic nitrogens is 3. The van der Waals surface area contributed by atoms with E-state index in [2.05, 4.69) is 10.1 Å². The van der Waals surface area contributed by atoms with E-state index in [1.165, 1.54) is 0 Å². The molecule has 2 unspecified atom stereocenters. The van der Waals surface area contributed by atoms with Crippen LogP contribution in [0.25, 0.3) is 11.0 Å². The molecule has 2 aromatic rings. The summed E-state index contributed by atoms with van der Waals surface area (Å²) in [4.78, 5) is 42.4. The summed E-state index contributed by atoms with van der Waals surface area (Å²) in [5, 5.41) is 12.5. The van der Waals surface area contributed by atoms with Gasteiger partial charge < -0.3 is 10.0 Å². The van der Waals surface area contributed by atoms with Crippen LogP contribution >= 0.6 is 0 Å². The first-order valence-corrected chi connectivity index (χ1v) is 8.74. The van der Waals surface area contributed by atoms with E-state index in [0.717, 1.165) is 11.1 Å². The molecule has 2 N–H and O–H groups in total. The molecule has 1 fully saturated rings. The Morgan fingerprint density at radius 1 is 1.31 bits per heavy atom. The maximum atomic E-state index is 12.8. The lowest BCUT2D eigenvalue weighted by atomic mass is 9.90. The van der Waals surface area contributed by atoms with E-state index >= 15 is 0 Å². The molecular formula is C18H24N4O4. The number of nitrogens with zero attached hydrogens (tertiary/aromatic N) is 3. The Balaban J connectivity index is 1.91. The molecule has 140 valence electrons. The number of H-pyrrole nitrogens is 1. The number of hydrogen-bond donors (Lipinski definition) is 2. The van der Waals surface area contributed by atoms with Gasteiger partial charge in [0.25, 0.3) is 5.56 Å². The molecule has 1 aliphatic heterocycles. The summed E-state index contributed by atoms with van der Waals surface area (Å²) in [5.41, 5.74) is 2.54. The van der Waals surface area contributed by atoms with Crippen LogP contribution < -0.4 is 5.56 Å². The van der Waals surface area contributed by atoms with Gasteiger partial charge in [0.2, 0.25) is 5.91 Å². The van der Waals surface area contributed by atoms with Crippen LogP contribution in [0.5, 0.6) is 0 Å². The summed E-state index contributed by atoms with van der Waals surface area (Å²) in [5.74, 6) is -1.36. The molecule has 1 aliphatic rings. The molecule has 3 heterocycles. The van der Waals surface area contributed by atoms with Crippen molar-refractivity contribution in [3.8, 4) is 0 Å². The first-order valence-electron chi connectivity index (χ1n) is 8.74. The number of carboxylic acid groups (broad SMARTS) is 1. The highest BCUT2D eigenvalue weighted by molar-refractivity contribution is 5.85. The summed E-state index contributed by atoms with van der Waals surface area (Å²) in [6.45, 7) is 6.41. The quantitative estimate of drug-likeness (QED) is 0.848. The van der Waals surface area contributed by atoms with Crippen LogP contribution in [0.3, 0.4) is 0 Å². The van der Waals surface area contributed by atoms with E-state index in [1.54, 1.807) is 16.6 Å². The highest BCUT2D eigenvalue weighted by atomic mass is 16.4. The number of aliphatic carboxylic acids is 1. The number of piperidine rings is 1. The normalized spacial score (nSPS) is 20.5. The van der Waals surface area contributed by atoms with Crippen LogP contribution in [0.15, 0.2) is 4.79 Å². The van der Waals surface area contributed by atoms with Crippen molar-refractivity contribution in [2.45, 2.75) is 33.6 Å². The topological polar surface area (TPSA) is 108 Å². The summed E-state index contributed by atoms with van der Waals surface area (Å²) in [7, 11) is 1.72. The number of likely N-dealkylation sites (tertiary alicyclic amines) is 1. The average Bonchev–Trinajstić information content (AvgIpc) is 2.84. The van der Waals surface area contributed by atoms with Gasteiger partial charge in [-0.2, -0.15) is 0 Å².